The number of carbonyl (C=O) groups is 3. The second kappa shape index (κ2) is 13.8. The number of carbonyl (C=O) groups excluding carboxylic acids is 3. The molecule has 3 aromatic heterocycles. The van der Waals surface area contributed by atoms with Crippen LogP contribution in [-0.4, -0.2) is 87.5 Å². The number of aromatic nitrogens is 7. The van der Waals surface area contributed by atoms with E-state index in [2.05, 4.69) is 20.4 Å². The molecule has 0 radical (unpaired) electrons. The van der Waals surface area contributed by atoms with Gasteiger partial charge >= 0.3 is 0 Å². The number of benzene rings is 1. The average Bonchev–Trinajstić information content (AvgIpc) is 3.68. The quantitative estimate of drug-likeness (QED) is 0.356. The molecule has 2 aliphatic heterocycles. The Labute approximate surface area is 268 Å². The Bertz CT molecular complexity index is 1720. The van der Waals surface area contributed by atoms with Crippen LogP contribution in [-0.2, 0) is 33.8 Å². The summed E-state index contributed by atoms with van der Waals surface area (Å²) in [7, 11) is 0. The minimum Gasteiger partial charge on any atom is -0.344 e. The second-order valence-electron chi connectivity index (χ2n) is 12.3. The zero-order valence-electron chi connectivity index (χ0n) is 26.9. The molecule has 2 atom stereocenters. The summed E-state index contributed by atoms with van der Waals surface area (Å²) in [6, 6.07) is 9.00. The molecular weight excluding hydrogens is 584 g/mol. The van der Waals surface area contributed by atoms with Gasteiger partial charge in [0.05, 0.1) is 12.6 Å². The monoisotopic (exact) mass is 626 g/mol. The van der Waals surface area contributed by atoms with Crippen LogP contribution in [0.5, 0.6) is 0 Å². The lowest BCUT2D eigenvalue weighted by atomic mass is 9.99. The largest absolute Gasteiger partial charge is 0.344 e. The molecule has 1 fully saturated rings. The van der Waals surface area contributed by atoms with Crippen LogP contribution in [0.15, 0.2) is 36.7 Å². The number of rotatable bonds is 5. The number of hydrogen-bond donors (Lipinski definition) is 1. The van der Waals surface area contributed by atoms with Gasteiger partial charge in [0.1, 0.15) is 24.0 Å². The maximum Gasteiger partial charge on any atom is 0.252 e. The van der Waals surface area contributed by atoms with E-state index in [-0.39, 0.29) is 24.1 Å². The molecule has 1 aromatic carbocycles. The van der Waals surface area contributed by atoms with Gasteiger partial charge in [-0.3, -0.25) is 14.4 Å². The van der Waals surface area contributed by atoms with Crippen molar-refractivity contribution in [2.45, 2.75) is 90.8 Å². The Morgan fingerprint density at radius 3 is 2.63 bits per heavy atom. The lowest BCUT2D eigenvalue weighted by Gasteiger charge is -2.36. The first-order chi connectivity index (χ1) is 22.3. The van der Waals surface area contributed by atoms with Crippen LogP contribution in [0.4, 0.5) is 0 Å². The summed E-state index contributed by atoms with van der Waals surface area (Å²) in [5.41, 5.74) is 3.79. The number of aryl methyl sites for hydroxylation is 3. The zero-order chi connectivity index (χ0) is 32.2. The summed E-state index contributed by atoms with van der Waals surface area (Å²) in [4.78, 5) is 58.2. The zero-order valence-corrected chi connectivity index (χ0v) is 26.9. The summed E-state index contributed by atoms with van der Waals surface area (Å²) in [5, 5.41) is 12.2. The minimum absolute atomic E-state index is 0.000375. The minimum atomic E-state index is -0.528. The van der Waals surface area contributed by atoms with Gasteiger partial charge in [-0.05, 0) is 70.4 Å². The molecule has 0 saturated carbocycles. The fraction of sp³-hybridized carbons (Fsp3) is 0.515. The van der Waals surface area contributed by atoms with Crippen molar-refractivity contribution in [1.29, 1.82) is 0 Å². The summed E-state index contributed by atoms with van der Waals surface area (Å²) in [5.74, 6) is 1.59. The number of nitrogens with one attached hydrogen (secondary N) is 1. The van der Waals surface area contributed by atoms with Gasteiger partial charge in [-0.25, -0.2) is 19.2 Å². The molecule has 5 heterocycles. The third kappa shape index (κ3) is 6.77. The van der Waals surface area contributed by atoms with Gasteiger partial charge in [-0.15, -0.1) is 0 Å². The van der Waals surface area contributed by atoms with Crippen molar-refractivity contribution in [2.75, 3.05) is 19.6 Å². The van der Waals surface area contributed by atoms with E-state index >= 15 is 0 Å². The third-order valence-electron chi connectivity index (χ3n) is 9.17. The van der Waals surface area contributed by atoms with Crippen LogP contribution in [0.1, 0.15) is 78.7 Å². The smallest absolute Gasteiger partial charge is 0.252 e. The molecule has 0 aliphatic carbocycles. The van der Waals surface area contributed by atoms with E-state index in [0.717, 1.165) is 35.4 Å². The van der Waals surface area contributed by atoms with Crippen molar-refractivity contribution in [3.8, 4) is 0 Å². The molecule has 13 nitrogen and oxygen atoms in total. The molecule has 2 aliphatic rings. The molecule has 4 aromatic rings. The van der Waals surface area contributed by atoms with Crippen molar-refractivity contribution in [3.05, 3.63) is 70.8 Å². The average molecular weight is 627 g/mol. The van der Waals surface area contributed by atoms with Crippen LogP contribution < -0.4 is 5.32 Å². The first kappa shape index (κ1) is 31.3. The Balaban J connectivity index is 1.27. The van der Waals surface area contributed by atoms with Gasteiger partial charge in [-0.1, -0.05) is 30.3 Å². The Hall–Kier alpha value is -4.68. The molecule has 0 bridgehead atoms. The molecule has 0 spiro atoms. The van der Waals surface area contributed by atoms with Crippen LogP contribution in [0.25, 0.3) is 5.78 Å². The first-order valence-corrected chi connectivity index (χ1v) is 16.3. The van der Waals surface area contributed by atoms with Gasteiger partial charge in [0.25, 0.3) is 5.78 Å². The van der Waals surface area contributed by atoms with Crippen molar-refractivity contribution in [2.24, 2.45) is 0 Å². The van der Waals surface area contributed by atoms with Gasteiger partial charge in [0, 0.05) is 43.9 Å². The van der Waals surface area contributed by atoms with Crippen LogP contribution in [0.3, 0.4) is 0 Å². The van der Waals surface area contributed by atoms with E-state index in [1.165, 1.54) is 6.33 Å². The van der Waals surface area contributed by atoms with Gasteiger partial charge in [0.15, 0.2) is 0 Å². The fourth-order valence-electron chi connectivity index (χ4n) is 6.77. The number of fused-ring (bicyclic) bond motifs is 3. The van der Waals surface area contributed by atoms with E-state index in [1.807, 2.05) is 60.7 Å². The summed E-state index contributed by atoms with van der Waals surface area (Å²) < 4.78 is 3.53. The Kier molecular flexibility index (Phi) is 9.36. The highest BCUT2D eigenvalue weighted by Gasteiger charge is 2.34. The highest BCUT2D eigenvalue weighted by Crippen LogP contribution is 2.23. The maximum atomic E-state index is 13.8. The second-order valence-corrected chi connectivity index (χ2v) is 12.3. The Morgan fingerprint density at radius 1 is 0.978 bits per heavy atom. The van der Waals surface area contributed by atoms with Crippen LogP contribution in [0, 0.1) is 20.8 Å². The van der Waals surface area contributed by atoms with Crippen molar-refractivity contribution < 1.29 is 14.4 Å². The van der Waals surface area contributed by atoms with Crippen LogP contribution >= 0.6 is 0 Å². The SMILES string of the molecule is Cc1nc2n(n1)CCN(C(=O)CCc1c(C)nc3ncnn3c1C)CCCC(=O)N1CCCC[C@H]1C(=O)N[C@@H]2Cc1ccccc1. The first-order valence-electron chi connectivity index (χ1n) is 16.3. The van der Waals surface area contributed by atoms with E-state index in [4.69, 9.17) is 10.1 Å². The summed E-state index contributed by atoms with van der Waals surface area (Å²) in [6.07, 6.45) is 5.99. The number of amides is 3. The van der Waals surface area contributed by atoms with Crippen LogP contribution in [0.2, 0.25) is 0 Å². The molecule has 242 valence electrons. The third-order valence-corrected chi connectivity index (χ3v) is 9.17. The molecule has 46 heavy (non-hydrogen) atoms. The molecular formula is C33H42N10O3. The summed E-state index contributed by atoms with van der Waals surface area (Å²) >= 11 is 0. The number of piperidine rings is 1. The lowest BCUT2D eigenvalue weighted by molar-refractivity contribution is -0.143. The fourth-order valence-corrected chi connectivity index (χ4v) is 6.77. The lowest BCUT2D eigenvalue weighted by Crippen LogP contribution is -2.53. The number of hydrogen-bond acceptors (Lipinski definition) is 8. The van der Waals surface area contributed by atoms with Crippen molar-refractivity contribution >= 4 is 23.5 Å². The van der Waals surface area contributed by atoms with Gasteiger partial charge < -0.3 is 15.1 Å². The van der Waals surface area contributed by atoms with Gasteiger partial charge in [-0.2, -0.15) is 15.2 Å². The highest BCUT2D eigenvalue weighted by atomic mass is 16.2. The molecule has 13 heteroatoms. The van der Waals surface area contributed by atoms with E-state index in [1.54, 1.807) is 9.42 Å². The predicted octanol–water partition coefficient (Wildman–Crippen LogP) is 2.68. The number of nitrogens with zero attached hydrogens (tertiary/aromatic N) is 9. The standard InChI is InChI=1S/C33H42N10O3/c1-22-26(23(2)43-33(36-22)34-21-35-43)14-15-29(44)40-16-9-13-30(45)41-17-8-7-12-28(41)32(46)38-27(20-25-10-5-4-6-11-25)31-37-24(3)39-42(31)19-18-40/h4-6,10-11,21,27-28H,7-9,12-20H2,1-3H3,(H,38,46)/t27-,28+/m1/s1. The molecule has 1 saturated heterocycles. The molecule has 0 unspecified atom stereocenters. The van der Waals surface area contributed by atoms with Gasteiger partial charge in [0.2, 0.25) is 17.7 Å². The maximum absolute atomic E-state index is 13.8. The molecule has 1 N–H and O–H groups in total. The van der Waals surface area contributed by atoms with Crippen molar-refractivity contribution in [3.63, 3.8) is 0 Å². The van der Waals surface area contributed by atoms with E-state index in [0.29, 0.717) is 75.7 Å². The van der Waals surface area contributed by atoms with Crippen molar-refractivity contribution in [1.82, 2.24) is 49.5 Å². The molecule has 3 amide bonds. The molecule has 6 rings (SSSR count). The predicted molar refractivity (Wildman–Crippen MR) is 170 cm³/mol. The van der Waals surface area contributed by atoms with E-state index < -0.39 is 12.1 Å². The topological polar surface area (TPSA) is 144 Å². The highest BCUT2D eigenvalue weighted by molar-refractivity contribution is 5.88. The van der Waals surface area contributed by atoms with E-state index in [9.17, 15) is 14.4 Å². The normalized spacial score (nSPS) is 19.8. The Morgan fingerprint density at radius 2 is 1.80 bits per heavy atom. The summed E-state index contributed by atoms with van der Waals surface area (Å²) in [6.45, 7) is 7.55.